The van der Waals surface area contributed by atoms with E-state index in [1.807, 2.05) is 0 Å². The molecule has 15 heavy (non-hydrogen) atoms. The Morgan fingerprint density at radius 2 is 2.40 bits per heavy atom. The minimum atomic E-state index is -0.568. The number of ether oxygens (including phenoxy) is 1. The van der Waals surface area contributed by atoms with E-state index in [0.717, 1.165) is 0 Å². The number of methoxy groups -OCH3 is 1. The molecule has 0 aliphatic rings. The summed E-state index contributed by atoms with van der Waals surface area (Å²) in [6.07, 6.45) is 1.48. The van der Waals surface area contributed by atoms with Crippen LogP contribution >= 0.6 is 0 Å². The number of aromatic nitrogens is 2. The highest BCUT2D eigenvalue weighted by molar-refractivity contribution is 5.68. The lowest BCUT2D eigenvalue weighted by atomic mass is 10.4. The minimum Gasteiger partial charge on any atom is -0.469 e. The average molecular weight is 213 g/mol. The van der Waals surface area contributed by atoms with Gasteiger partial charge in [-0.05, 0) is 9.91 Å². The topological polar surface area (TPSA) is 87.3 Å². The number of hydrogen-bond acceptors (Lipinski definition) is 5. The predicted molar refractivity (Wildman–Crippen MR) is 50.3 cm³/mol. The standard InChI is InChI=1S/C8H11N3O4/c1-6-9-7(11(13)14)5-10(6)4-3-8(12)15-2/h5H,3-4H2,1-2H3. The van der Waals surface area contributed by atoms with Crippen molar-refractivity contribution < 1.29 is 14.5 Å². The number of rotatable bonds is 4. The molecule has 0 aliphatic heterocycles. The molecule has 0 N–H and O–H groups in total. The number of hydrogen-bond donors (Lipinski definition) is 0. The number of carbonyl (C=O) groups excluding carboxylic acids is 1. The molecule has 82 valence electrons. The fourth-order valence-electron chi connectivity index (χ4n) is 1.12. The molecular formula is C8H11N3O4. The van der Waals surface area contributed by atoms with Crippen LogP contribution in [0.25, 0.3) is 0 Å². The molecular weight excluding hydrogens is 202 g/mol. The van der Waals surface area contributed by atoms with Crippen LogP contribution in [0.3, 0.4) is 0 Å². The Kier molecular flexibility index (Phi) is 3.37. The summed E-state index contributed by atoms with van der Waals surface area (Å²) < 4.78 is 6.01. The molecule has 0 saturated carbocycles. The fraction of sp³-hybridized carbons (Fsp3) is 0.500. The van der Waals surface area contributed by atoms with Crippen molar-refractivity contribution in [2.75, 3.05) is 7.11 Å². The average Bonchev–Trinajstić information content (AvgIpc) is 2.56. The molecule has 0 fully saturated rings. The summed E-state index contributed by atoms with van der Waals surface area (Å²) in [4.78, 5) is 24.4. The van der Waals surface area contributed by atoms with Gasteiger partial charge in [0.05, 0.1) is 13.5 Å². The van der Waals surface area contributed by atoms with Crippen LogP contribution in [0.5, 0.6) is 0 Å². The number of esters is 1. The summed E-state index contributed by atoms with van der Waals surface area (Å²) in [7, 11) is 1.30. The lowest BCUT2D eigenvalue weighted by Crippen LogP contribution is -2.07. The lowest BCUT2D eigenvalue weighted by molar-refractivity contribution is -0.389. The van der Waals surface area contributed by atoms with Crippen molar-refractivity contribution >= 4 is 11.8 Å². The van der Waals surface area contributed by atoms with Gasteiger partial charge in [0.1, 0.15) is 6.20 Å². The van der Waals surface area contributed by atoms with Crippen molar-refractivity contribution in [1.29, 1.82) is 0 Å². The molecule has 1 rings (SSSR count). The van der Waals surface area contributed by atoms with Crippen molar-refractivity contribution in [3.63, 3.8) is 0 Å². The number of aryl methyl sites for hydroxylation is 2. The van der Waals surface area contributed by atoms with Gasteiger partial charge in [-0.3, -0.25) is 4.79 Å². The zero-order chi connectivity index (χ0) is 11.4. The third-order valence-corrected chi connectivity index (χ3v) is 1.93. The summed E-state index contributed by atoms with van der Waals surface area (Å²) in [6, 6.07) is 0. The molecule has 1 aromatic heterocycles. The zero-order valence-electron chi connectivity index (χ0n) is 8.47. The van der Waals surface area contributed by atoms with Gasteiger partial charge >= 0.3 is 11.8 Å². The van der Waals surface area contributed by atoms with Gasteiger partial charge in [-0.15, -0.1) is 0 Å². The van der Waals surface area contributed by atoms with Crippen LogP contribution in [0.1, 0.15) is 12.2 Å². The largest absolute Gasteiger partial charge is 0.469 e. The Bertz CT molecular complexity index is 385. The molecule has 7 heteroatoms. The van der Waals surface area contributed by atoms with Gasteiger partial charge in [0.2, 0.25) is 5.82 Å². The van der Waals surface area contributed by atoms with Crippen molar-refractivity contribution in [3.8, 4) is 0 Å². The van der Waals surface area contributed by atoms with Crippen LogP contribution in [-0.2, 0) is 16.1 Å². The first kappa shape index (κ1) is 11.2. The van der Waals surface area contributed by atoms with Gasteiger partial charge in [-0.25, -0.2) is 0 Å². The van der Waals surface area contributed by atoms with Crippen molar-refractivity contribution in [2.45, 2.75) is 19.9 Å². The Hall–Kier alpha value is -1.92. The Labute approximate surface area is 85.8 Å². The maximum atomic E-state index is 10.8. The second-order valence-electron chi connectivity index (χ2n) is 2.92. The highest BCUT2D eigenvalue weighted by atomic mass is 16.6. The molecule has 0 atom stereocenters. The summed E-state index contributed by atoms with van der Waals surface area (Å²) in [6.45, 7) is 1.98. The number of imidazole rings is 1. The maximum absolute atomic E-state index is 10.8. The first-order valence-corrected chi connectivity index (χ1v) is 4.29. The molecule has 0 unspecified atom stereocenters. The van der Waals surface area contributed by atoms with Gasteiger partial charge in [0, 0.05) is 13.5 Å². The highest BCUT2D eigenvalue weighted by Crippen LogP contribution is 2.10. The maximum Gasteiger partial charge on any atom is 0.381 e. The van der Waals surface area contributed by atoms with Crippen LogP contribution in [0.2, 0.25) is 0 Å². The van der Waals surface area contributed by atoms with E-state index in [-0.39, 0.29) is 18.2 Å². The van der Waals surface area contributed by atoms with Crippen LogP contribution in [-0.4, -0.2) is 27.6 Å². The molecule has 0 aromatic carbocycles. The summed E-state index contributed by atoms with van der Waals surface area (Å²) >= 11 is 0. The predicted octanol–water partition coefficient (Wildman–Crippen LogP) is 0.663. The smallest absolute Gasteiger partial charge is 0.381 e. The van der Waals surface area contributed by atoms with E-state index in [4.69, 9.17) is 0 Å². The molecule has 0 saturated heterocycles. The number of nitrogens with zero attached hydrogens (tertiary/aromatic N) is 3. The molecule has 1 aromatic rings. The minimum absolute atomic E-state index is 0.171. The SMILES string of the molecule is COC(=O)CCn1cc([N+](=O)[O-])nc1C. The normalized spacial score (nSPS) is 10.0. The fourth-order valence-corrected chi connectivity index (χ4v) is 1.12. The van der Waals surface area contributed by atoms with E-state index in [0.29, 0.717) is 12.4 Å². The van der Waals surface area contributed by atoms with Crippen molar-refractivity contribution in [3.05, 3.63) is 22.1 Å². The van der Waals surface area contributed by atoms with E-state index < -0.39 is 4.92 Å². The monoisotopic (exact) mass is 213 g/mol. The first-order chi connectivity index (χ1) is 7.04. The van der Waals surface area contributed by atoms with Gasteiger partial charge in [-0.2, -0.15) is 0 Å². The molecule has 0 amide bonds. The first-order valence-electron chi connectivity index (χ1n) is 4.29. The molecule has 0 spiro atoms. The van der Waals surface area contributed by atoms with Gasteiger partial charge in [0.15, 0.2) is 0 Å². The van der Waals surface area contributed by atoms with Crippen LogP contribution < -0.4 is 0 Å². The second kappa shape index (κ2) is 4.54. The van der Waals surface area contributed by atoms with E-state index >= 15 is 0 Å². The summed E-state index contributed by atoms with van der Waals surface area (Å²) in [5.74, 6) is -0.0614. The Balaban J connectivity index is 2.69. The molecule has 0 radical (unpaired) electrons. The van der Waals surface area contributed by atoms with E-state index in [1.165, 1.54) is 13.3 Å². The Morgan fingerprint density at radius 3 is 2.87 bits per heavy atom. The zero-order valence-corrected chi connectivity index (χ0v) is 8.47. The summed E-state index contributed by atoms with van der Waals surface area (Å²) in [5.41, 5.74) is 0. The van der Waals surface area contributed by atoms with Gasteiger partial charge < -0.3 is 19.4 Å². The molecule has 0 aliphatic carbocycles. The molecule has 1 heterocycles. The van der Waals surface area contributed by atoms with E-state index in [9.17, 15) is 14.9 Å². The summed E-state index contributed by atoms with van der Waals surface area (Å²) in [5, 5.41) is 10.4. The van der Waals surface area contributed by atoms with Crippen LogP contribution in [0, 0.1) is 17.0 Å². The lowest BCUT2D eigenvalue weighted by Gasteiger charge is -2.00. The number of carbonyl (C=O) groups is 1. The van der Waals surface area contributed by atoms with Crippen molar-refractivity contribution in [2.24, 2.45) is 0 Å². The van der Waals surface area contributed by atoms with E-state index in [1.54, 1.807) is 11.5 Å². The highest BCUT2D eigenvalue weighted by Gasteiger charge is 2.15. The third-order valence-electron chi connectivity index (χ3n) is 1.93. The second-order valence-corrected chi connectivity index (χ2v) is 2.92. The van der Waals surface area contributed by atoms with Crippen LogP contribution in [0.4, 0.5) is 5.82 Å². The van der Waals surface area contributed by atoms with Crippen LogP contribution in [0.15, 0.2) is 6.20 Å². The van der Waals surface area contributed by atoms with E-state index in [2.05, 4.69) is 9.72 Å². The van der Waals surface area contributed by atoms with Gasteiger partial charge in [0.25, 0.3) is 0 Å². The van der Waals surface area contributed by atoms with Gasteiger partial charge in [-0.1, -0.05) is 0 Å². The third kappa shape index (κ3) is 2.76. The molecule has 7 nitrogen and oxygen atoms in total. The molecule has 0 bridgehead atoms. The quantitative estimate of drug-likeness (QED) is 0.416. The Morgan fingerprint density at radius 1 is 1.73 bits per heavy atom. The van der Waals surface area contributed by atoms with Crippen molar-refractivity contribution in [1.82, 2.24) is 9.55 Å². The number of nitro groups is 1.